The summed E-state index contributed by atoms with van der Waals surface area (Å²) in [6.45, 7) is 11.5. The van der Waals surface area contributed by atoms with Crippen molar-refractivity contribution in [2.24, 2.45) is 0 Å². The second-order valence-corrected chi connectivity index (χ2v) is 4.52. The number of hydrogen-bond donors (Lipinski definition) is 1. The van der Waals surface area contributed by atoms with E-state index in [-0.39, 0.29) is 6.23 Å². The van der Waals surface area contributed by atoms with Crippen LogP contribution in [-0.4, -0.2) is 24.4 Å². The summed E-state index contributed by atoms with van der Waals surface area (Å²) in [5.41, 5.74) is 4.30. The summed E-state index contributed by atoms with van der Waals surface area (Å²) in [5, 5.41) is 2.04. The Balaban J connectivity index is 2.59. The van der Waals surface area contributed by atoms with E-state index in [0.29, 0.717) is 0 Å². The average molecular weight is 262 g/mol. The molecule has 19 heavy (non-hydrogen) atoms. The lowest BCUT2D eigenvalue weighted by Gasteiger charge is -2.36. The van der Waals surface area contributed by atoms with Crippen molar-refractivity contribution < 1.29 is 4.74 Å². The molecule has 3 nitrogen and oxygen atoms in total. The number of hydrazine groups is 1. The first-order valence-corrected chi connectivity index (χ1v) is 7.07. The number of nitrogens with zero attached hydrogens (tertiary/aromatic N) is 1. The summed E-state index contributed by atoms with van der Waals surface area (Å²) in [5.74, 6) is 0. The van der Waals surface area contributed by atoms with Gasteiger partial charge in [0.2, 0.25) is 0 Å². The van der Waals surface area contributed by atoms with Crippen LogP contribution in [0.1, 0.15) is 32.6 Å². The molecule has 1 aliphatic rings. The smallest absolute Gasteiger partial charge is 0.144 e. The van der Waals surface area contributed by atoms with Crippen LogP contribution >= 0.6 is 0 Å². The molecule has 3 heteroatoms. The first-order valence-electron chi connectivity index (χ1n) is 7.07. The molecular weight excluding hydrogens is 236 g/mol. The van der Waals surface area contributed by atoms with Crippen molar-refractivity contribution in [3.05, 3.63) is 49.2 Å². The van der Waals surface area contributed by atoms with Gasteiger partial charge in [0, 0.05) is 18.8 Å². The Kier molecular flexibility index (Phi) is 7.94. The maximum Gasteiger partial charge on any atom is 0.144 e. The van der Waals surface area contributed by atoms with E-state index in [1.165, 1.54) is 6.42 Å². The van der Waals surface area contributed by atoms with Gasteiger partial charge in [0.1, 0.15) is 6.23 Å². The third-order valence-corrected chi connectivity index (χ3v) is 2.95. The fourth-order valence-electron chi connectivity index (χ4n) is 1.97. The van der Waals surface area contributed by atoms with Crippen molar-refractivity contribution in [3.63, 3.8) is 0 Å². The molecule has 0 spiro atoms. The minimum absolute atomic E-state index is 0.0832. The van der Waals surface area contributed by atoms with Gasteiger partial charge in [-0.3, -0.25) is 5.01 Å². The predicted octanol–water partition coefficient (Wildman–Crippen LogP) is 3.54. The summed E-state index contributed by atoms with van der Waals surface area (Å²) in [6.07, 6.45) is 14.4. The van der Waals surface area contributed by atoms with Gasteiger partial charge in [-0.2, -0.15) is 0 Å². The third kappa shape index (κ3) is 5.90. The van der Waals surface area contributed by atoms with Crippen molar-refractivity contribution in [3.8, 4) is 0 Å². The molecular formula is C16H26N2O. The van der Waals surface area contributed by atoms with Crippen LogP contribution in [0.2, 0.25) is 0 Å². The summed E-state index contributed by atoms with van der Waals surface area (Å²) in [7, 11) is 0. The van der Waals surface area contributed by atoms with E-state index >= 15 is 0 Å². The topological polar surface area (TPSA) is 24.5 Å². The molecule has 0 aromatic heterocycles. The largest absolute Gasteiger partial charge is 0.357 e. The van der Waals surface area contributed by atoms with Crippen molar-refractivity contribution in [1.29, 1.82) is 0 Å². The Morgan fingerprint density at radius 2 is 2.26 bits per heavy atom. The van der Waals surface area contributed by atoms with Crippen LogP contribution in [0.4, 0.5) is 0 Å². The summed E-state index contributed by atoms with van der Waals surface area (Å²) in [4.78, 5) is 0. The second kappa shape index (κ2) is 9.59. The molecule has 0 aliphatic carbocycles. The molecule has 1 rings (SSSR count). The molecule has 1 fully saturated rings. The van der Waals surface area contributed by atoms with Gasteiger partial charge >= 0.3 is 0 Å². The van der Waals surface area contributed by atoms with Gasteiger partial charge in [-0.25, -0.2) is 5.43 Å². The average Bonchev–Trinajstić information content (AvgIpc) is 2.46. The van der Waals surface area contributed by atoms with E-state index < -0.39 is 0 Å². The SMILES string of the molecule is C=C/C=C\CNN(C(=C)/C=C\CC)C1CCCCO1. The molecule has 1 atom stereocenters. The molecule has 1 aliphatic heterocycles. The van der Waals surface area contributed by atoms with Gasteiger partial charge < -0.3 is 4.74 Å². The van der Waals surface area contributed by atoms with E-state index in [4.69, 9.17) is 4.74 Å². The van der Waals surface area contributed by atoms with E-state index in [9.17, 15) is 0 Å². The fraction of sp³-hybridized carbons (Fsp3) is 0.500. The highest BCUT2D eigenvalue weighted by Crippen LogP contribution is 2.18. The highest BCUT2D eigenvalue weighted by molar-refractivity contribution is 5.13. The number of hydrogen-bond acceptors (Lipinski definition) is 3. The van der Waals surface area contributed by atoms with Gasteiger partial charge in [0.25, 0.3) is 0 Å². The molecule has 0 aromatic rings. The summed E-state index contributed by atoms with van der Waals surface area (Å²) < 4.78 is 5.82. The van der Waals surface area contributed by atoms with Crippen molar-refractivity contribution in [1.82, 2.24) is 10.4 Å². The van der Waals surface area contributed by atoms with Crippen LogP contribution in [0.25, 0.3) is 0 Å². The second-order valence-electron chi connectivity index (χ2n) is 4.52. The lowest BCUT2D eigenvalue weighted by atomic mass is 10.2. The van der Waals surface area contributed by atoms with E-state index in [0.717, 1.165) is 38.1 Å². The van der Waals surface area contributed by atoms with E-state index in [1.807, 2.05) is 23.2 Å². The van der Waals surface area contributed by atoms with Gasteiger partial charge in [-0.15, -0.1) is 0 Å². The van der Waals surface area contributed by atoms with Gasteiger partial charge in [0.15, 0.2) is 0 Å². The van der Waals surface area contributed by atoms with Crippen molar-refractivity contribution >= 4 is 0 Å². The molecule has 0 saturated carbocycles. The van der Waals surface area contributed by atoms with Crippen LogP contribution in [0.5, 0.6) is 0 Å². The summed E-state index contributed by atoms with van der Waals surface area (Å²) in [6, 6.07) is 0. The number of allylic oxidation sites excluding steroid dienone is 4. The Morgan fingerprint density at radius 1 is 1.42 bits per heavy atom. The standard InChI is InChI=1S/C16H26N2O/c1-4-6-9-13-17-18(15(3)11-7-5-2)16-12-8-10-14-19-16/h4,6-7,9,11,16-17H,1,3,5,8,10,12-14H2,2H3/b9-6-,11-7-. The normalized spacial score (nSPS) is 19.9. The maximum atomic E-state index is 5.82. The van der Waals surface area contributed by atoms with Crippen LogP contribution < -0.4 is 5.43 Å². The molecule has 106 valence electrons. The van der Waals surface area contributed by atoms with E-state index in [2.05, 4.69) is 31.6 Å². The molecule has 1 saturated heterocycles. The monoisotopic (exact) mass is 262 g/mol. The molecule has 0 radical (unpaired) electrons. The molecule has 1 unspecified atom stereocenters. The maximum absolute atomic E-state index is 5.82. The van der Waals surface area contributed by atoms with Crippen LogP contribution in [0.15, 0.2) is 49.2 Å². The van der Waals surface area contributed by atoms with Crippen LogP contribution in [-0.2, 0) is 4.74 Å². The highest BCUT2D eigenvalue weighted by atomic mass is 16.5. The predicted molar refractivity (Wildman–Crippen MR) is 81.3 cm³/mol. The van der Waals surface area contributed by atoms with Gasteiger partial charge in [-0.05, 0) is 31.8 Å². The number of nitrogens with one attached hydrogen (secondary N) is 1. The fourth-order valence-corrected chi connectivity index (χ4v) is 1.97. The van der Waals surface area contributed by atoms with Crippen molar-refractivity contribution in [2.75, 3.05) is 13.2 Å². The Labute approximate surface area is 117 Å². The Bertz CT molecular complexity index is 328. The zero-order valence-corrected chi connectivity index (χ0v) is 12.0. The zero-order chi connectivity index (χ0) is 13.9. The minimum Gasteiger partial charge on any atom is -0.357 e. The lowest BCUT2D eigenvalue weighted by Crippen LogP contribution is -2.47. The first kappa shape index (κ1) is 15.7. The first-order chi connectivity index (χ1) is 9.29. The number of rotatable bonds is 8. The zero-order valence-electron chi connectivity index (χ0n) is 12.0. The quantitative estimate of drug-likeness (QED) is 0.535. The number of ether oxygens (including phenoxy) is 1. The summed E-state index contributed by atoms with van der Waals surface area (Å²) >= 11 is 0. The third-order valence-electron chi connectivity index (χ3n) is 2.95. The molecule has 1 heterocycles. The van der Waals surface area contributed by atoms with Gasteiger partial charge in [-0.1, -0.05) is 44.4 Å². The van der Waals surface area contributed by atoms with Crippen LogP contribution in [0, 0.1) is 0 Å². The Hall–Kier alpha value is -1.32. The molecule has 0 bridgehead atoms. The van der Waals surface area contributed by atoms with E-state index in [1.54, 1.807) is 6.08 Å². The highest BCUT2D eigenvalue weighted by Gasteiger charge is 2.21. The molecule has 1 N–H and O–H groups in total. The lowest BCUT2D eigenvalue weighted by molar-refractivity contribution is -0.0877. The van der Waals surface area contributed by atoms with Gasteiger partial charge in [0.05, 0.1) is 0 Å². The van der Waals surface area contributed by atoms with Crippen LogP contribution in [0.3, 0.4) is 0 Å². The Morgan fingerprint density at radius 3 is 2.89 bits per heavy atom. The van der Waals surface area contributed by atoms with Crippen molar-refractivity contribution in [2.45, 2.75) is 38.8 Å². The molecule has 0 amide bonds. The molecule has 0 aromatic carbocycles. The minimum atomic E-state index is 0.0832.